The van der Waals surface area contributed by atoms with E-state index < -0.39 is 17.2 Å². The number of hydrogen-bond acceptors (Lipinski definition) is 2. The number of aldehydes is 1. The number of aryl methyl sites for hydroxylation is 2. The van der Waals surface area contributed by atoms with Gasteiger partial charge in [0.25, 0.3) is 0 Å². The summed E-state index contributed by atoms with van der Waals surface area (Å²) in [6, 6.07) is 2.44. The van der Waals surface area contributed by atoms with Crippen LogP contribution in [0.1, 0.15) is 21.5 Å². The minimum absolute atomic E-state index is 0.194. The fraction of sp³-hybridized carbons (Fsp3) is 0.143. The van der Waals surface area contributed by atoms with Gasteiger partial charge >= 0.3 is 0 Å². The normalized spacial score (nSPS) is 10.4. The summed E-state index contributed by atoms with van der Waals surface area (Å²) in [5.41, 5.74) is 1.87. The lowest BCUT2D eigenvalue weighted by Crippen LogP contribution is -1.99. The van der Waals surface area contributed by atoms with Gasteiger partial charge in [-0.2, -0.15) is 0 Å². The third kappa shape index (κ3) is 1.90. The van der Waals surface area contributed by atoms with Crippen molar-refractivity contribution in [3.05, 3.63) is 52.9 Å². The first-order chi connectivity index (χ1) is 8.56. The van der Waals surface area contributed by atoms with Crippen LogP contribution < -0.4 is 0 Å². The van der Waals surface area contributed by atoms with Crippen molar-refractivity contribution in [3.63, 3.8) is 0 Å². The van der Waals surface area contributed by atoms with Crippen LogP contribution in [0.3, 0.4) is 0 Å². The van der Waals surface area contributed by atoms with Crippen LogP contribution in [-0.2, 0) is 0 Å². The Morgan fingerprint density at radius 3 is 2.28 bits per heavy atom. The molecule has 0 atom stereocenters. The fourth-order valence-corrected chi connectivity index (χ4v) is 2.00. The van der Waals surface area contributed by atoms with Gasteiger partial charge in [0, 0.05) is 18.0 Å². The van der Waals surface area contributed by atoms with Crippen LogP contribution in [0.2, 0.25) is 0 Å². The van der Waals surface area contributed by atoms with Crippen molar-refractivity contribution in [1.29, 1.82) is 0 Å². The van der Waals surface area contributed by atoms with E-state index in [1.807, 2.05) is 0 Å². The van der Waals surface area contributed by atoms with Gasteiger partial charge in [-0.3, -0.25) is 9.78 Å². The number of aromatic nitrogens is 1. The monoisotopic (exact) mass is 247 g/mol. The quantitative estimate of drug-likeness (QED) is 0.761. The third-order valence-electron chi connectivity index (χ3n) is 2.84. The molecule has 0 radical (unpaired) electrons. The summed E-state index contributed by atoms with van der Waals surface area (Å²) in [5, 5.41) is 0. The maximum absolute atomic E-state index is 14.1. The molecule has 0 bridgehead atoms. The van der Waals surface area contributed by atoms with Gasteiger partial charge in [-0.25, -0.2) is 8.78 Å². The minimum Gasteiger partial charge on any atom is -0.298 e. The summed E-state index contributed by atoms with van der Waals surface area (Å²) < 4.78 is 27.4. The zero-order valence-electron chi connectivity index (χ0n) is 10.00. The van der Waals surface area contributed by atoms with Gasteiger partial charge in [-0.1, -0.05) is 0 Å². The van der Waals surface area contributed by atoms with Crippen molar-refractivity contribution < 1.29 is 13.6 Å². The largest absolute Gasteiger partial charge is 0.298 e. The van der Waals surface area contributed by atoms with E-state index in [4.69, 9.17) is 0 Å². The van der Waals surface area contributed by atoms with E-state index in [-0.39, 0.29) is 11.8 Å². The molecule has 0 amide bonds. The number of nitrogens with zero attached hydrogens (tertiary/aromatic N) is 1. The highest BCUT2D eigenvalue weighted by molar-refractivity contribution is 5.81. The Morgan fingerprint density at radius 2 is 1.72 bits per heavy atom. The molecule has 0 aliphatic rings. The average molecular weight is 247 g/mol. The summed E-state index contributed by atoms with van der Waals surface area (Å²) in [6.07, 6.45) is 3.40. The number of halogens is 2. The lowest BCUT2D eigenvalue weighted by molar-refractivity contribution is 0.111. The Balaban J connectivity index is 2.76. The molecule has 92 valence electrons. The molecule has 1 aromatic heterocycles. The van der Waals surface area contributed by atoms with E-state index in [0.717, 1.165) is 17.2 Å². The van der Waals surface area contributed by atoms with Gasteiger partial charge in [0.2, 0.25) is 0 Å². The molecule has 1 heterocycles. The van der Waals surface area contributed by atoms with Gasteiger partial charge in [-0.05, 0) is 42.7 Å². The van der Waals surface area contributed by atoms with Crippen LogP contribution >= 0.6 is 0 Å². The van der Waals surface area contributed by atoms with Crippen LogP contribution in [0.4, 0.5) is 8.78 Å². The van der Waals surface area contributed by atoms with Crippen molar-refractivity contribution in [1.82, 2.24) is 4.98 Å². The lowest BCUT2D eigenvalue weighted by Gasteiger charge is -2.11. The number of carbonyl (C=O) groups is 1. The number of carbonyl (C=O) groups excluding carboxylic acids is 1. The molecular formula is C14H11F2NO. The molecule has 0 aliphatic carbocycles. The van der Waals surface area contributed by atoms with Gasteiger partial charge in [-0.15, -0.1) is 0 Å². The standard InChI is InChI=1S/C14H11F2NO/c1-8-5-17-6-9(2)13(8)10-3-4-12(15)11(7-18)14(10)16/h3-7H,1-2H3. The molecule has 0 spiro atoms. The second-order valence-corrected chi connectivity index (χ2v) is 4.09. The van der Waals surface area contributed by atoms with Gasteiger partial charge in [0.1, 0.15) is 11.6 Å². The van der Waals surface area contributed by atoms with Gasteiger partial charge in [0.05, 0.1) is 5.56 Å². The first-order valence-corrected chi connectivity index (χ1v) is 5.41. The highest BCUT2D eigenvalue weighted by atomic mass is 19.1. The second kappa shape index (κ2) is 4.64. The molecule has 0 fully saturated rings. The number of benzene rings is 1. The average Bonchev–Trinajstić information content (AvgIpc) is 2.32. The van der Waals surface area contributed by atoms with Crippen LogP contribution in [0.5, 0.6) is 0 Å². The van der Waals surface area contributed by atoms with E-state index in [1.54, 1.807) is 26.2 Å². The predicted octanol–water partition coefficient (Wildman–Crippen LogP) is 3.46. The van der Waals surface area contributed by atoms with E-state index in [9.17, 15) is 13.6 Å². The Morgan fingerprint density at radius 1 is 1.11 bits per heavy atom. The third-order valence-corrected chi connectivity index (χ3v) is 2.84. The Bertz CT molecular complexity index is 603. The van der Waals surface area contributed by atoms with Crippen molar-refractivity contribution in [2.24, 2.45) is 0 Å². The number of rotatable bonds is 2. The molecule has 4 heteroatoms. The van der Waals surface area contributed by atoms with Gasteiger partial charge in [0.15, 0.2) is 6.29 Å². The van der Waals surface area contributed by atoms with Crippen LogP contribution in [0.15, 0.2) is 24.5 Å². The zero-order chi connectivity index (χ0) is 13.3. The van der Waals surface area contributed by atoms with Crippen molar-refractivity contribution >= 4 is 6.29 Å². The molecule has 1 aromatic carbocycles. The van der Waals surface area contributed by atoms with Crippen molar-refractivity contribution in [2.75, 3.05) is 0 Å². The zero-order valence-corrected chi connectivity index (χ0v) is 10.00. The maximum atomic E-state index is 14.1. The molecule has 2 nitrogen and oxygen atoms in total. The number of pyridine rings is 1. The van der Waals surface area contributed by atoms with Crippen molar-refractivity contribution in [2.45, 2.75) is 13.8 Å². The Labute approximate surface area is 103 Å². The number of hydrogen-bond donors (Lipinski definition) is 0. The summed E-state index contributed by atoms with van der Waals surface area (Å²) >= 11 is 0. The summed E-state index contributed by atoms with van der Waals surface area (Å²) in [7, 11) is 0. The molecule has 0 N–H and O–H groups in total. The van der Waals surface area contributed by atoms with E-state index in [2.05, 4.69) is 4.98 Å². The van der Waals surface area contributed by atoms with Crippen LogP contribution in [0.25, 0.3) is 11.1 Å². The minimum atomic E-state index is -0.851. The van der Waals surface area contributed by atoms with Crippen LogP contribution in [-0.4, -0.2) is 11.3 Å². The maximum Gasteiger partial charge on any atom is 0.155 e. The van der Waals surface area contributed by atoms with Gasteiger partial charge < -0.3 is 0 Å². The molecule has 18 heavy (non-hydrogen) atoms. The van der Waals surface area contributed by atoms with E-state index in [1.165, 1.54) is 6.07 Å². The van der Waals surface area contributed by atoms with Crippen LogP contribution in [0, 0.1) is 25.5 Å². The first-order valence-electron chi connectivity index (χ1n) is 5.41. The highest BCUT2D eigenvalue weighted by Gasteiger charge is 2.16. The molecular weight excluding hydrogens is 236 g/mol. The Kier molecular flexibility index (Phi) is 3.19. The topological polar surface area (TPSA) is 30.0 Å². The molecule has 0 saturated carbocycles. The summed E-state index contributed by atoms with van der Waals surface area (Å²) in [5.74, 6) is -1.68. The van der Waals surface area contributed by atoms with E-state index in [0.29, 0.717) is 5.56 Å². The highest BCUT2D eigenvalue weighted by Crippen LogP contribution is 2.30. The fourth-order valence-electron chi connectivity index (χ4n) is 2.00. The summed E-state index contributed by atoms with van der Waals surface area (Å²) in [4.78, 5) is 14.7. The van der Waals surface area contributed by atoms with Crippen molar-refractivity contribution in [3.8, 4) is 11.1 Å². The summed E-state index contributed by atoms with van der Waals surface area (Å²) in [6.45, 7) is 3.58. The SMILES string of the molecule is Cc1cncc(C)c1-c1ccc(F)c(C=O)c1F. The Hall–Kier alpha value is -2.10. The molecule has 0 unspecified atom stereocenters. The first kappa shape index (κ1) is 12.4. The second-order valence-electron chi connectivity index (χ2n) is 4.09. The molecule has 0 saturated heterocycles. The molecule has 2 rings (SSSR count). The smallest absolute Gasteiger partial charge is 0.155 e. The molecule has 2 aromatic rings. The molecule has 0 aliphatic heterocycles. The van der Waals surface area contributed by atoms with E-state index >= 15 is 0 Å². The lowest BCUT2D eigenvalue weighted by atomic mass is 9.96. The predicted molar refractivity (Wildman–Crippen MR) is 64.5 cm³/mol.